The van der Waals surface area contributed by atoms with Crippen molar-refractivity contribution in [2.24, 2.45) is 0 Å². The zero-order valence-electron chi connectivity index (χ0n) is 11.0. The molecule has 0 amide bonds. The monoisotopic (exact) mass is 340 g/mol. The fraction of sp³-hybridized carbons (Fsp3) is 1.00. The molecule has 0 spiro atoms. The summed E-state index contributed by atoms with van der Waals surface area (Å²) in [5.41, 5.74) is 0. The minimum absolute atomic E-state index is 0. The molecule has 0 fully saturated rings. The summed E-state index contributed by atoms with van der Waals surface area (Å²) in [4.78, 5) is 0. The van der Waals surface area contributed by atoms with E-state index in [1.165, 1.54) is 0 Å². The molecular weight excluding hydrogens is 328 g/mol. The van der Waals surface area contributed by atoms with Gasteiger partial charge in [-0.3, -0.25) is 0 Å². The first-order chi connectivity index (χ1) is 8.71. The van der Waals surface area contributed by atoms with Crippen LogP contribution in [0.25, 0.3) is 0 Å². The standard InChI is InChI=1S/C9H13F7O3S.Li/c10-7(11,9(15,16)20(17,18)19)5-3-1-2-4-6-8(12,13)14;/h1-6H2,(H,17,18,19);/q;+1/p-1. The van der Waals surface area contributed by atoms with Gasteiger partial charge < -0.3 is 4.55 Å². The van der Waals surface area contributed by atoms with E-state index >= 15 is 0 Å². The molecule has 0 aromatic rings. The molecule has 0 aliphatic heterocycles. The van der Waals surface area contributed by atoms with Crippen LogP contribution in [0.1, 0.15) is 38.5 Å². The van der Waals surface area contributed by atoms with Crippen molar-refractivity contribution in [2.75, 3.05) is 0 Å². The number of unbranched alkanes of at least 4 members (excludes halogenated alkanes) is 3. The molecule has 0 aromatic heterocycles. The largest absolute Gasteiger partial charge is 1.00 e. The summed E-state index contributed by atoms with van der Waals surface area (Å²) < 4.78 is 116. The average Bonchev–Trinajstić information content (AvgIpc) is 2.19. The summed E-state index contributed by atoms with van der Waals surface area (Å²) in [6.07, 6.45) is -8.37. The quantitative estimate of drug-likeness (QED) is 0.282. The van der Waals surface area contributed by atoms with Gasteiger partial charge in [0.1, 0.15) is 0 Å². The average molecular weight is 340 g/mol. The van der Waals surface area contributed by atoms with Crippen LogP contribution >= 0.6 is 0 Å². The molecule has 21 heavy (non-hydrogen) atoms. The van der Waals surface area contributed by atoms with Crippen LogP contribution < -0.4 is 18.9 Å². The molecule has 3 nitrogen and oxygen atoms in total. The van der Waals surface area contributed by atoms with Crippen LogP contribution in [-0.2, 0) is 10.1 Å². The number of halogens is 7. The van der Waals surface area contributed by atoms with E-state index in [1.807, 2.05) is 0 Å². The third-order valence-electron chi connectivity index (χ3n) is 2.44. The first kappa shape index (κ1) is 23.3. The maximum absolute atomic E-state index is 12.9. The van der Waals surface area contributed by atoms with Crippen molar-refractivity contribution < 1.29 is 62.6 Å². The molecule has 0 saturated carbocycles. The Morgan fingerprint density at radius 3 is 1.48 bits per heavy atom. The number of rotatable bonds is 8. The Morgan fingerprint density at radius 2 is 1.14 bits per heavy atom. The molecule has 12 heteroatoms. The number of alkyl halides is 7. The van der Waals surface area contributed by atoms with Gasteiger partial charge in [-0.1, -0.05) is 12.8 Å². The Morgan fingerprint density at radius 1 is 0.762 bits per heavy atom. The SMILES string of the molecule is O=S(=O)([O-])C(F)(F)C(F)(F)CCCCCCC(F)(F)F.[Li+]. The van der Waals surface area contributed by atoms with Crippen molar-refractivity contribution in [3.8, 4) is 0 Å². The van der Waals surface area contributed by atoms with Crippen LogP contribution in [0.2, 0.25) is 0 Å². The summed E-state index contributed by atoms with van der Waals surface area (Å²) in [6, 6.07) is 0. The summed E-state index contributed by atoms with van der Waals surface area (Å²) in [5.74, 6) is -5.04. The zero-order valence-corrected chi connectivity index (χ0v) is 11.8. The Balaban J connectivity index is 0. The van der Waals surface area contributed by atoms with Gasteiger partial charge in [-0.05, 0) is 12.8 Å². The van der Waals surface area contributed by atoms with Crippen molar-refractivity contribution >= 4 is 10.1 Å². The zero-order chi connectivity index (χ0) is 16.2. The maximum Gasteiger partial charge on any atom is 1.00 e. The van der Waals surface area contributed by atoms with Gasteiger partial charge in [0.05, 0.1) is 0 Å². The van der Waals surface area contributed by atoms with E-state index in [-0.39, 0.29) is 38.1 Å². The smallest absolute Gasteiger partial charge is 0.743 e. The first-order valence-corrected chi connectivity index (χ1v) is 6.89. The fourth-order valence-electron chi connectivity index (χ4n) is 1.35. The van der Waals surface area contributed by atoms with Crippen LogP contribution in [-0.4, -0.2) is 30.3 Å². The van der Waals surface area contributed by atoms with Crippen LogP contribution in [0, 0.1) is 0 Å². The van der Waals surface area contributed by atoms with E-state index in [0.29, 0.717) is 0 Å². The van der Waals surface area contributed by atoms with E-state index in [0.717, 1.165) is 0 Å². The molecule has 0 rings (SSSR count). The van der Waals surface area contributed by atoms with Gasteiger partial charge in [-0.15, -0.1) is 0 Å². The third kappa shape index (κ3) is 7.72. The summed E-state index contributed by atoms with van der Waals surface area (Å²) >= 11 is 0. The Labute approximate surface area is 129 Å². The molecule has 0 aliphatic rings. The molecule has 0 saturated heterocycles. The molecule has 0 aromatic carbocycles. The third-order valence-corrected chi connectivity index (χ3v) is 3.37. The van der Waals surface area contributed by atoms with Gasteiger partial charge in [-0.2, -0.15) is 30.7 Å². The van der Waals surface area contributed by atoms with E-state index in [9.17, 15) is 43.7 Å². The van der Waals surface area contributed by atoms with E-state index in [4.69, 9.17) is 0 Å². The number of hydrogen-bond acceptors (Lipinski definition) is 3. The Hall–Kier alpha value is 0.0174. The van der Waals surface area contributed by atoms with Gasteiger partial charge in [0.15, 0.2) is 10.1 Å². The normalized spacial score (nSPS) is 13.9. The van der Waals surface area contributed by atoms with E-state index in [2.05, 4.69) is 0 Å². The second-order valence-electron chi connectivity index (χ2n) is 4.20. The second kappa shape index (κ2) is 8.03. The van der Waals surface area contributed by atoms with Gasteiger partial charge >= 0.3 is 36.2 Å². The minimum Gasteiger partial charge on any atom is -0.743 e. The van der Waals surface area contributed by atoms with Crippen molar-refractivity contribution in [3.05, 3.63) is 0 Å². The predicted molar refractivity (Wildman–Crippen MR) is 53.3 cm³/mol. The maximum atomic E-state index is 12.9. The topological polar surface area (TPSA) is 57.2 Å². The summed E-state index contributed by atoms with van der Waals surface area (Å²) in [6.45, 7) is 0. The second-order valence-corrected chi connectivity index (χ2v) is 5.63. The van der Waals surface area contributed by atoms with Crippen LogP contribution in [0.4, 0.5) is 30.7 Å². The van der Waals surface area contributed by atoms with Crippen molar-refractivity contribution in [2.45, 2.75) is 55.9 Å². The first-order valence-electron chi connectivity index (χ1n) is 5.48. The molecule has 0 heterocycles. The van der Waals surface area contributed by atoms with Gasteiger partial charge in [0.2, 0.25) is 0 Å². The summed E-state index contributed by atoms with van der Waals surface area (Å²) in [5, 5.41) is -5.73. The van der Waals surface area contributed by atoms with E-state index < -0.39 is 46.7 Å². The Kier molecular flexibility index (Phi) is 8.91. The van der Waals surface area contributed by atoms with Crippen LogP contribution in [0.15, 0.2) is 0 Å². The van der Waals surface area contributed by atoms with Gasteiger partial charge in [0, 0.05) is 12.8 Å². The molecular formula is C9H12F7LiO3S. The van der Waals surface area contributed by atoms with Crippen molar-refractivity contribution in [1.29, 1.82) is 0 Å². The molecule has 0 unspecified atom stereocenters. The van der Waals surface area contributed by atoms with Gasteiger partial charge in [0.25, 0.3) is 0 Å². The molecule has 0 atom stereocenters. The summed E-state index contributed by atoms with van der Waals surface area (Å²) in [7, 11) is -6.51. The predicted octanol–water partition coefficient (Wildman–Crippen LogP) is 0.667. The number of hydrogen-bond donors (Lipinski definition) is 0. The molecule has 0 N–H and O–H groups in total. The molecule has 0 aliphatic carbocycles. The Bertz CT molecular complexity index is 408. The van der Waals surface area contributed by atoms with Gasteiger partial charge in [-0.25, -0.2) is 8.42 Å². The minimum atomic E-state index is -6.51. The van der Waals surface area contributed by atoms with Crippen molar-refractivity contribution in [1.82, 2.24) is 0 Å². The van der Waals surface area contributed by atoms with Crippen molar-refractivity contribution in [3.63, 3.8) is 0 Å². The fourth-order valence-corrected chi connectivity index (χ4v) is 1.82. The molecule has 0 bridgehead atoms. The molecule has 122 valence electrons. The van der Waals surface area contributed by atoms with E-state index in [1.54, 1.807) is 0 Å². The molecule has 0 radical (unpaired) electrons. The van der Waals surface area contributed by atoms with Crippen LogP contribution in [0.5, 0.6) is 0 Å². The van der Waals surface area contributed by atoms with Crippen LogP contribution in [0.3, 0.4) is 0 Å².